The van der Waals surface area contributed by atoms with Crippen LogP contribution in [0.15, 0.2) is 6.20 Å². The average molecular weight is 255 g/mol. The maximum absolute atomic E-state index is 8.66. The first-order valence-electron chi connectivity index (χ1n) is 2.73. The zero-order valence-electron chi connectivity index (χ0n) is 5.95. The van der Waals surface area contributed by atoms with E-state index in [9.17, 15) is 0 Å². The fourth-order valence-electron chi connectivity index (χ4n) is 0.737. The number of aromatic nitrogens is 3. The SMILES string of the molecule is Cn1n[n+](C)cc1CO.[I-]. The van der Waals surface area contributed by atoms with Crippen LogP contribution in [-0.2, 0) is 20.7 Å². The Morgan fingerprint density at radius 2 is 2.40 bits per heavy atom. The summed E-state index contributed by atoms with van der Waals surface area (Å²) in [4.78, 5) is 0. The van der Waals surface area contributed by atoms with Gasteiger partial charge in [-0.25, -0.2) is 0 Å². The molecule has 10 heavy (non-hydrogen) atoms. The Labute approximate surface area is 76.5 Å². The molecule has 1 N–H and O–H groups in total. The largest absolute Gasteiger partial charge is 1.00 e. The number of hydrogen-bond acceptors (Lipinski definition) is 2. The molecule has 0 fully saturated rings. The molecule has 1 rings (SSSR count). The second-order valence-corrected chi connectivity index (χ2v) is 1.97. The molecule has 0 aliphatic heterocycles. The molecule has 0 bridgehead atoms. The minimum absolute atomic E-state index is 0. The molecule has 0 unspecified atom stereocenters. The van der Waals surface area contributed by atoms with Crippen molar-refractivity contribution in [3.8, 4) is 0 Å². The summed E-state index contributed by atoms with van der Waals surface area (Å²) in [6.07, 6.45) is 1.78. The standard InChI is InChI=1S/C5H10N3O.HI/c1-7-3-5(4-9)8(2)6-7;/h3,9H,4H2,1-2H3;1H/q+1;/p-1. The number of aliphatic hydroxyl groups excluding tert-OH is 1. The van der Waals surface area contributed by atoms with Gasteiger partial charge in [-0.2, -0.15) is 0 Å². The smallest absolute Gasteiger partial charge is 0.192 e. The predicted molar refractivity (Wildman–Crippen MR) is 30.3 cm³/mol. The highest BCUT2D eigenvalue weighted by Gasteiger charge is 2.05. The summed E-state index contributed by atoms with van der Waals surface area (Å²) in [5, 5.41) is 12.6. The molecule has 1 aromatic heterocycles. The van der Waals surface area contributed by atoms with Crippen molar-refractivity contribution in [1.82, 2.24) is 9.90 Å². The number of nitrogens with zero attached hydrogens (tertiary/aromatic N) is 3. The minimum Gasteiger partial charge on any atom is -1.00 e. The molecule has 0 aliphatic rings. The van der Waals surface area contributed by atoms with Gasteiger partial charge in [0.05, 0.1) is 5.21 Å². The van der Waals surface area contributed by atoms with Gasteiger partial charge in [-0.3, -0.25) is 0 Å². The van der Waals surface area contributed by atoms with Gasteiger partial charge in [-0.1, -0.05) is 0 Å². The van der Waals surface area contributed by atoms with Crippen LogP contribution in [0, 0.1) is 0 Å². The Morgan fingerprint density at radius 3 is 2.60 bits per heavy atom. The van der Waals surface area contributed by atoms with Gasteiger partial charge in [0.1, 0.15) is 20.7 Å². The van der Waals surface area contributed by atoms with E-state index in [4.69, 9.17) is 5.11 Å². The van der Waals surface area contributed by atoms with Gasteiger partial charge in [0.15, 0.2) is 11.9 Å². The molecule has 0 saturated heterocycles. The molecule has 0 aliphatic carbocycles. The van der Waals surface area contributed by atoms with Crippen molar-refractivity contribution in [2.24, 2.45) is 14.1 Å². The Balaban J connectivity index is 0.000000810. The number of rotatable bonds is 1. The van der Waals surface area contributed by atoms with Gasteiger partial charge < -0.3 is 29.1 Å². The molecule has 1 aromatic rings. The van der Waals surface area contributed by atoms with Crippen molar-refractivity contribution in [2.75, 3.05) is 0 Å². The fourth-order valence-corrected chi connectivity index (χ4v) is 0.737. The van der Waals surface area contributed by atoms with Crippen molar-refractivity contribution in [2.45, 2.75) is 6.61 Å². The van der Waals surface area contributed by atoms with E-state index in [0.29, 0.717) is 0 Å². The maximum Gasteiger partial charge on any atom is 0.192 e. The van der Waals surface area contributed by atoms with Crippen molar-refractivity contribution < 1.29 is 33.8 Å². The summed E-state index contributed by atoms with van der Waals surface area (Å²) in [5.74, 6) is 0. The van der Waals surface area contributed by atoms with Gasteiger partial charge in [-0.05, 0) is 0 Å². The summed E-state index contributed by atoms with van der Waals surface area (Å²) >= 11 is 0. The van der Waals surface area contributed by atoms with Crippen LogP contribution in [0.4, 0.5) is 0 Å². The average Bonchev–Trinajstić information content (AvgIpc) is 2.10. The molecular formula is C5H10IN3O. The number of hydrogen-bond donors (Lipinski definition) is 1. The number of halogens is 1. The van der Waals surface area contributed by atoms with Gasteiger partial charge >= 0.3 is 0 Å². The number of aryl methyl sites for hydroxylation is 2. The molecule has 0 spiro atoms. The van der Waals surface area contributed by atoms with Gasteiger partial charge in [0, 0.05) is 0 Å². The van der Waals surface area contributed by atoms with E-state index in [0.717, 1.165) is 5.69 Å². The van der Waals surface area contributed by atoms with E-state index in [2.05, 4.69) is 5.21 Å². The zero-order valence-corrected chi connectivity index (χ0v) is 8.11. The lowest BCUT2D eigenvalue weighted by Crippen LogP contribution is -3.00. The lowest BCUT2D eigenvalue weighted by molar-refractivity contribution is -0.732. The summed E-state index contributed by atoms with van der Waals surface area (Å²) in [7, 11) is 3.62. The summed E-state index contributed by atoms with van der Waals surface area (Å²) in [6, 6.07) is 0. The highest BCUT2D eigenvalue weighted by molar-refractivity contribution is 4.85. The Kier molecular flexibility index (Phi) is 3.80. The second kappa shape index (κ2) is 3.87. The van der Waals surface area contributed by atoms with E-state index in [1.54, 1.807) is 22.6 Å². The topological polar surface area (TPSA) is 41.9 Å². The van der Waals surface area contributed by atoms with E-state index >= 15 is 0 Å². The molecule has 0 radical (unpaired) electrons. The summed E-state index contributed by atoms with van der Waals surface area (Å²) in [5.41, 5.74) is 0.817. The normalized spacial score (nSPS) is 9.10. The summed E-state index contributed by atoms with van der Waals surface area (Å²) in [6.45, 7) is 0.0460. The van der Waals surface area contributed by atoms with Gasteiger partial charge in [0.25, 0.3) is 0 Å². The minimum atomic E-state index is 0. The highest BCUT2D eigenvalue weighted by Crippen LogP contribution is 1.88. The van der Waals surface area contributed by atoms with Crippen LogP contribution in [0.5, 0.6) is 0 Å². The van der Waals surface area contributed by atoms with Crippen molar-refractivity contribution in [3.05, 3.63) is 11.9 Å². The third kappa shape index (κ3) is 1.91. The lowest BCUT2D eigenvalue weighted by atomic mass is 10.5. The molecule has 58 valence electrons. The van der Waals surface area contributed by atoms with E-state index in [1.807, 2.05) is 7.05 Å². The van der Waals surface area contributed by atoms with Crippen LogP contribution in [0.3, 0.4) is 0 Å². The van der Waals surface area contributed by atoms with Crippen LogP contribution in [0.2, 0.25) is 0 Å². The molecule has 1 heterocycles. The van der Waals surface area contributed by atoms with E-state index in [-0.39, 0.29) is 30.6 Å². The Morgan fingerprint density at radius 1 is 1.80 bits per heavy atom. The monoisotopic (exact) mass is 255 g/mol. The molecule has 5 heteroatoms. The van der Waals surface area contributed by atoms with Crippen LogP contribution in [0.25, 0.3) is 0 Å². The molecule has 0 amide bonds. The Bertz CT molecular complexity index is 211. The quantitative estimate of drug-likeness (QED) is 0.408. The highest BCUT2D eigenvalue weighted by atomic mass is 127. The van der Waals surface area contributed by atoms with Crippen molar-refractivity contribution in [1.29, 1.82) is 0 Å². The van der Waals surface area contributed by atoms with E-state index in [1.165, 1.54) is 0 Å². The van der Waals surface area contributed by atoms with Crippen LogP contribution < -0.4 is 28.7 Å². The van der Waals surface area contributed by atoms with Crippen molar-refractivity contribution >= 4 is 0 Å². The molecule has 0 aromatic carbocycles. The number of aliphatic hydroxyl groups is 1. The third-order valence-electron chi connectivity index (χ3n) is 1.19. The first kappa shape index (κ1) is 9.83. The fraction of sp³-hybridized carbons (Fsp3) is 0.600. The molecular weight excluding hydrogens is 245 g/mol. The van der Waals surface area contributed by atoms with Gasteiger partial charge in [0.2, 0.25) is 0 Å². The van der Waals surface area contributed by atoms with Crippen LogP contribution in [0.1, 0.15) is 5.69 Å². The Hall–Kier alpha value is -0.170. The lowest BCUT2D eigenvalue weighted by Gasteiger charge is -1.81. The van der Waals surface area contributed by atoms with E-state index < -0.39 is 0 Å². The third-order valence-corrected chi connectivity index (χ3v) is 1.19. The summed E-state index contributed by atoms with van der Waals surface area (Å²) < 4.78 is 3.30. The second-order valence-electron chi connectivity index (χ2n) is 1.97. The predicted octanol–water partition coefficient (Wildman–Crippen LogP) is -4.26. The maximum atomic E-state index is 8.66. The molecule has 0 atom stereocenters. The molecule has 0 saturated carbocycles. The van der Waals surface area contributed by atoms with Crippen LogP contribution >= 0.6 is 0 Å². The van der Waals surface area contributed by atoms with Gasteiger partial charge in [-0.15, -0.1) is 9.36 Å². The first-order valence-corrected chi connectivity index (χ1v) is 2.73. The molecule has 4 nitrogen and oxygen atoms in total. The van der Waals surface area contributed by atoms with Crippen LogP contribution in [-0.4, -0.2) is 15.0 Å². The first-order chi connectivity index (χ1) is 4.24. The van der Waals surface area contributed by atoms with Crippen molar-refractivity contribution in [3.63, 3.8) is 0 Å². The zero-order chi connectivity index (χ0) is 6.85.